The number of anilines is 4. The number of carbonyl (C=O) groups is 1. The Balaban J connectivity index is 1.95. The molecule has 0 radical (unpaired) electrons. The first-order chi connectivity index (χ1) is 14.9. The number of nitrogens with zero attached hydrogens (tertiary/aromatic N) is 3. The lowest BCUT2D eigenvalue weighted by Gasteiger charge is -2.21. The van der Waals surface area contributed by atoms with Crippen molar-refractivity contribution in [1.82, 2.24) is 0 Å². The van der Waals surface area contributed by atoms with E-state index in [4.69, 9.17) is 17.3 Å². The lowest BCUT2D eigenvalue weighted by molar-refractivity contribution is -0.384. The van der Waals surface area contributed by atoms with Crippen LogP contribution in [0.4, 0.5) is 28.4 Å². The van der Waals surface area contributed by atoms with E-state index in [0.29, 0.717) is 11.4 Å². The maximum atomic E-state index is 12.7. The van der Waals surface area contributed by atoms with Crippen LogP contribution in [0.2, 0.25) is 5.02 Å². The average molecular weight is 434 g/mol. The number of nitro benzene ring substituents is 1. The van der Waals surface area contributed by atoms with Crippen LogP contribution < -0.4 is 16.0 Å². The van der Waals surface area contributed by atoms with E-state index in [1.165, 1.54) is 18.3 Å². The second kappa shape index (κ2) is 9.43. The van der Waals surface area contributed by atoms with Crippen LogP contribution in [0, 0.1) is 21.4 Å². The Labute approximate surface area is 182 Å². The van der Waals surface area contributed by atoms with Crippen LogP contribution in [-0.4, -0.2) is 10.8 Å². The van der Waals surface area contributed by atoms with E-state index in [1.807, 2.05) is 36.4 Å². The van der Waals surface area contributed by atoms with Gasteiger partial charge in [-0.25, -0.2) is 0 Å². The van der Waals surface area contributed by atoms with E-state index in [1.54, 1.807) is 29.2 Å². The normalized spacial score (nSPS) is 10.8. The Morgan fingerprint density at radius 2 is 1.74 bits per heavy atom. The molecule has 31 heavy (non-hydrogen) atoms. The van der Waals surface area contributed by atoms with Crippen molar-refractivity contribution >= 4 is 45.9 Å². The van der Waals surface area contributed by atoms with Crippen molar-refractivity contribution in [1.29, 1.82) is 5.26 Å². The molecule has 0 heterocycles. The van der Waals surface area contributed by atoms with E-state index < -0.39 is 10.8 Å². The highest BCUT2D eigenvalue weighted by molar-refractivity contribution is 6.32. The molecule has 0 unspecified atom stereocenters. The summed E-state index contributed by atoms with van der Waals surface area (Å²) in [6, 6.07) is 21.8. The van der Waals surface area contributed by atoms with Gasteiger partial charge in [-0.15, -0.1) is 0 Å². The van der Waals surface area contributed by atoms with Crippen LogP contribution in [0.5, 0.6) is 0 Å². The molecule has 0 fully saturated rings. The van der Waals surface area contributed by atoms with Gasteiger partial charge in [0.2, 0.25) is 0 Å². The van der Waals surface area contributed by atoms with Crippen molar-refractivity contribution in [2.75, 3.05) is 16.0 Å². The molecule has 8 nitrogen and oxygen atoms in total. The average Bonchev–Trinajstić information content (AvgIpc) is 2.77. The zero-order valence-corrected chi connectivity index (χ0v) is 16.8. The molecule has 0 atom stereocenters. The summed E-state index contributed by atoms with van der Waals surface area (Å²) in [6.07, 6.45) is 1.39. The van der Waals surface area contributed by atoms with Gasteiger partial charge in [-0.3, -0.25) is 14.9 Å². The molecule has 3 rings (SSSR count). The minimum atomic E-state index is -0.726. The Morgan fingerprint density at radius 1 is 1.10 bits per heavy atom. The topological polar surface area (TPSA) is 125 Å². The van der Waals surface area contributed by atoms with Crippen molar-refractivity contribution in [2.45, 2.75) is 0 Å². The Hall–Kier alpha value is -4.35. The summed E-state index contributed by atoms with van der Waals surface area (Å²) in [5, 5.41) is 23.1. The van der Waals surface area contributed by atoms with E-state index in [9.17, 15) is 20.2 Å². The molecule has 0 spiro atoms. The largest absolute Gasteiger partial charge is 0.399 e. The predicted octanol–water partition coefficient (Wildman–Crippen LogP) is 5.01. The third kappa shape index (κ3) is 5.18. The number of para-hydroxylation sites is 1. The van der Waals surface area contributed by atoms with Crippen LogP contribution in [0.3, 0.4) is 0 Å². The van der Waals surface area contributed by atoms with Gasteiger partial charge in [-0.2, -0.15) is 5.26 Å². The molecule has 0 saturated heterocycles. The van der Waals surface area contributed by atoms with E-state index >= 15 is 0 Å². The van der Waals surface area contributed by atoms with Crippen molar-refractivity contribution < 1.29 is 9.72 Å². The van der Waals surface area contributed by atoms with Crippen LogP contribution >= 0.6 is 11.6 Å². The van der Waals surface area contributed by atoms with Gasteiger partial charge in [0.15, 0.2) is 0 Å². The van der Waals surface area contributed by atoms with E-state index in [-0.39, 0.29) is 22.0 Å². The molecule has 0 aliphatic carbocycles. The monoisotopic (exact) mass is 433 g/mol. The number of amides is 1. The fraction of sp³-hybridized carbons (Fsp3) is 0. The minimum absolute atomic E-state index is 0.0577. The third-order valence-electron chi connectivity index (χ3n) is 4.23. The highest BCUT2D eigenvalue weighted by atomic mass is 35.5. The second-order valence-electron chi connectivity index (χ2n) is 6.33. The standard InChI is InChI=1S/C22H16ClN5O3/c23-20-11-8-17(12-21(20)28(30)31)26-22(29)15(13-24)14-27(18-4-2-1-3-5-18)19-9-6-16(25)7-10-19/h1-12,14H,25H2,(H,26,29)/b15-14-. The lowest BCUT2D eigenvalue weighted by atomic mass is 10.2. The van der Waals surface area contributed by atoms with Crippen molar-refractivity contribution in [3.8, 4) is 6.07 Å². The van der Waals surface area contributed by atoms with E-state index in [0.717, 1.165) is 11.8 Å². The van der Waals surface area contributed by atoms with Gasteiger partial charge in [-0.05, 0) is 48.5 Å². The Morgan fingerprint density at radius 3 is 2.35 bits per heavy atom. The number of hydrogen-bond acceptors (Lipinski definition) is 6. The number of rotatable bonds is 6. The summed E-state index contributed by atoms with van der Waals surface area (Å²) < 4.78 is 0. The number of nitrogens with two attached hydrogens (primary N) is 1. The maximum Gasteiger partial charge on any atom is 0.289 e. The molecule has 0 aromatic heterocycles. The Kier molecular flexibility index (Phi) is 6.50. The highest BCUT2D eigenvalue weighted by Gasteiger charge is 2.17. The zero-order valence-electron chi connectivity index (χ0n) is 16.0. The molecule has 3 N–H and O–H groups in total. The smallest absolute Gasteiger partial charge is 0.289 e. The fourth-order valence-corrected chi connectivity index (χ4v) is 2.90. The number of nitriles is 1. The number of benzene rings is 3. The summed E-state index contributed by atoms with van der Waals surface area (Å²) in [4.78, 5) is 24.8. The number of nitrogen functional groups attached to an aromatic ring is 1. The predicted molar refractivity (Wildman–Crippen MR) is 120 cm³/mol. The van der Waals surface area contributed by atoms with Crippen LogP contribution in [0.25, 0.3) is 0 Å². The molecular weight excluding hydrogens is 418 g/mol. The van der Waals surface area contributed by atoms with Crippen molar-refractivity contribution in [3.05, 3.63) is 99.7 Å². The molecule has 3 aromatic carbocycles. The van der Waals surface area contributed by atoms with Crippen molar-refractivity contribution in [2.24, 2.45) is 0 Å². The third-order valence-corrected chi connectivity index (χ3v) is 4.55. The SMILES string of the molecule is N#C/C(=C/N(c1ccccc1)c1ccc(N)cc1)C(=O)Nc1ccc(Cl)c([N+](=O)[O-])c1. The quantitative estimate of drug-likeness (QED) is 0.185. The second-order valence-corrected chi connectivity index (χ2v) is 6.74. The summed E-state index contributed by atoms with van der Waals surface area (Å²) in [6.45, 7) is 0. The molecule has 0 aliphatic heterocycles. The molecule has 0 bridgehead atoms. The van der Waals surface area contributed by atoms with Gasteiger partial charge in [0.05, 0.1) is 4.92 Å². The molecule has 3 aromatic rings. The molecule has 154 valence electrons. The van der Waals surface area contributed by atoms with Gasteiger partial charge in [0, 0.05) is 35.0 Å². The van der Waals surface area contributed by atoms with Crippen LogP contribution in [-0.2, 0) is 4.79 Å². The van der Waals surface area contributed by atoms with Gasteiger partial charge >= 0.3 is 0 Å². The van der Waals surface area contributed by atoms with Gasteiger partial charge < -0.3 is 16.0 Å². The number of halogens is 1. The maximum absolute atomic E-state index is 12.7. The summed E-state index contributed by atoms with van der Waals surface area (Å²) in [5.41, 5.74) is 7.31. The first kappa shape index (κ1) is 21.4. The number of nitro groups is 1. The minimum Gasteiger partial charge on any atom is -0.399 e. The van der Waals surface area contributed by atoms with Crippen LogP contribution in [0.1, 0.15) is 0 Å². The number of carbonyl (C=O) groups excluding carboxylic acids is 1. The van der Waals surface area contributed by atoms with Gasteiger partial charge in [-0.1, -0.05) is 29.8 Å². The molecule has 0 saturated carbocycles. The van der Waals surface area contributed by atoms with Gasteiger partial charge in [0.25, 0.3) is 11.6 Å². The molecule has 0 aliphatic rings. The first-order valence-electron chi connectivity index (χ1n) is 8.96. The van der Waals surface area contributed by atoms with Crippen molar-refractivity contribution in [3.63, 3.8) is 0 Å². The van der Waals surface area contributed by atoms with Crippen LogP contribution in [0.15, 0.2) is 84.6 Å². The molecule has 1 amide bonds. The summed E-state index contributed by atoms with van der Waals surface area (Å²) in [7, 11) is 0. The number of hydrogen-bond donors (Lipinski definition) is 2. The highest BCUT2D eigenvalue weighted by Crippen LogP contribution is 2.29. The van der Waals surface area contributed by atoms with Gasteiger partial charge in [0.1, 0.15) is 16.7 Å². The first-order valence-corrected chi connectivity index (χ1v) is 9.34. The van der Waals surface area contributed by atoms with E-state index in [2.05, 4.69) is 5.32 Å². The summed E-state index contributed by atoms with van der Waals surface area (Å²) >= 11 is 5.80. The molecule has 9 heteroatoms. The number of nitrogens with one attached hydrogen (secondary N) is 1. The summed E-state index contributed by atoms with van der Waals surface area (Å²) in [5.74, 6) is -0.726. The fourth-order valence-electron chi connectivity index (χ4n) is 2.72. The molecular formula is C22H16ClN5O3. The zero-order chi connectivity index (χ0) is 22.4. The Bertz CT molecular complexity index is 1190. The lowest BCUT2D eigenvalue weighted by Crippen LogP contribution is -2.18.